The van der Waals surface area contributed by atoms with Gasteiger partial charge in [-0.25, -0.2) is 4.79 Å². The van der Waals surface area contributed by atoms with Crippen LogP contribution in [0.3, 0.4) is 0 Å². The van der Waals surface area contributed by atoms with E-state index in [1.54, 1.807) is 4.90 Å². The van der Waals surface area contributed by atoms with Gasteiger partial charge in [-0.1, -0.05) is 25.1 Å². The summed E-state index contributed by atoms with van der Waals surface area (Å²) in [6.45, 7) is 7.56. The second kappa shape index (κ2) is 9.54. The maximum Gasteiger partial charge on any atom is 0.321 e. The third kappa shape index (κ3) is 4.94. The third-order valence-electron chi connectivity index (χ3n) is 6.75. The lowest BCUT2D eigenvalue weighted by Gasteiger charge is -2.44. The summed E-state index contributed by atoms with van der Waals surface area (Å²) in [6.07, 6.45) is 4.33. The SMILES string of the molecule is C=CC(F)(F)c1ccc(NC(=O)N2CCN(C(=O)[C@H]3CN(C4CCC4)CCN3)CC2)cc1. The number of hydrogen-bond donors (Lipinski definition) is 2. The fraction of sp³-hybridized carbons (Fsp3) is 0.565. The van der Waals surface area contributed by atoms with E-state index >= 15 is 0 Å². The molecule has 3 amide bonds. The Bertz CT molecular complexity index is 835. The van der Waals surface area contributed by atoms with E-state index in [4.69, 9.17) is 0 Å². The molecule has 0 radical (unpaired) electrons. The highest BCUT2D eigenvalue weighted by molar-refractivity contribution is 5.89. The number of carbonyl (C=O) groups is 2. The van der Waals surface area contributed by atoms with E-state index in [-0.39, 0.29) is 23.5 Å². The van der Waals surface area contributed by atoms with E-state index in [1.165, 1.54) is 43.5 Å². The van der Waals surface area contributed by atoms with Gasteiger partial charge in [-0.3, -0.25) is 9.69 Å². The van der Waals surface area contributed by atoms with Crippen LogP contribution in [0.4, 0.5) is 19.3 Å². The van der Waals surface area contributed by atoms with Crippen molar-refractivity contribution in [2.45, 2.75) is 37.3 Å². The largest absolute Gasteiger partial charge is 0.338 e. The molecule has 0 spiro atoms. The Kier molecular flexibility index (Phi) is 6.76. The predicted molar refractivity (Wildman–Crippen MR) is 119 cm³/mol. The zero-order valence-corrected chi connectivity index (χ0v) is 18.2. The highest BCUT2D eigenvalue weighted by atomic mass is 19.3. The van der Waals surface area contributed by atoms with Crippen molar-refractivity contribution in [3.63, 3.8) is 0 Å². The smallest absolute Gasteiger partial charge is 0.321 e. The molecule has 2 N–H and O–H groups in total. The number of anilines is 1. The van der Waals surface area contributed by atoms with Gasteiger partial charge in [0.2, 0.25) is 5.91 Å². The highest BCUT2D eigenvalue weighted by Gasteiger charge is 2.35. The second-order valence-corrected chi connectivity index (χ2v) is 8.73. The van der Waals surface area contributed by atoms with Crippen LogP contribution in [0.15, 0.2) is 36.9 Å². The molecule has 0 unspecified atom stereocenters. The molecule has 7 nitrogen and oxygen atoms in total. The van der Waals surface area contributed by atoms with Crippen molar-refractivity contribution in [1.82, 2.24) is 20.0 Å². The fourth-order valence-corrected chi connectivity index (χ4v) is 4.47. The molecule has 1 aromatic carbocycles. The van der Waals surface area contributed by atoms with Crippen LogP contribution >= 0.6 is 0 Å². The number of allylic oxidation sites excluding steroid dienone is 1. The number of piperazine rings is 2. The molecule has 174 valence electrons. The van der Waals surface area contributed by atoms with Gasteiger partial charge in [0.25, 0.3) is 5.92 Å². The first-order valence-corrected chi connectivity index (χ1v) is 11.3. The number of hydrogen-bond acceptors (Lipinski definition) is 4. The predicted octanol–water partition coefficient (Wildman–Crippen LogP) is 2.47. The molecule has 0 bridgehead atoms. The molecule has 2 aliphatic heterocycles. The van der Waals surface area contributed by atoms with Crippen LogP contribution in [0.1, 0.15) is 24.8 Å². The summed E-state index contributed by atoms with van der Waals surface area (Å²) in [5, 5.41) is 6.09. The highest BCUT2D eigenvalue weighted by Crippen LogP contribution is 2.29. The minimum absolute atomic E-state index is 0.104. The minimum atomic E-state index is -3.10. The molecule has 1 aromatic rings. The van der Waals surface area contributed by atoms with Gasteiger partial charge in [-0.2, -0.15) is 8.78 Å². The lowest BCUT2D eigenvalue weighted by Crippen LogP contribution is -2.62. The van der Waals surface area contributed by atoms with Crippen molar-refractivity contribution in [2.24, 2.45) is 0 Å². The van der Waals surface area contributed by atoms with Crippen molar-refractivity contribution in [3.8, 4) is 0 Å². The van der Waals surface area contributed by atoms with Crippen LogP contribution in [0.25, 0.3) is 0 Å². The first-order valence-electron chi connectivity index (χ1n) is 11.3. The molecule has 3 fully saturated rings. The topological polar surface area (TPSA) is 67.9 Å². The van der Waals surface area contributed by atoms with E-state index in [0.717, 1.165) is 19.6 Å². The Morgan fingerprint density at radius 2 is 1.72 bits per heavy atom. The van der Waals surface area contributed by atoms with E-state index in [0.29, 0.717) is 44.0 Å². The number of urea groups is 1. The monoisotopic (exact) mass is 447 g/mol. The number of nitrogens with one attached hydrogen (secondary N) is 2. The van der Waals surface area contributed by atoms with Crippen LogP contribution in [-0.2, 0) is 10.7 Å². The zero-order chi connectivity index (χ0) is 22.7. The number of halogens is 2. The molecule has 1 atom stereocenters. The van der Waals surface area contributed by atoms with Crippen LogP contribution in [0, 0.1) is 0 Å². The van der Waals surface area contributed by atoms with Crippen LogP contribution in [-0.4, -0.2) is 84.5 Å². The average molecular weight is 448 g/mol. The van der Waals surface area contributed by atoms with Crippen molar-refractivity contribution < 1.29 is 18.4 Å². The van der Waals surface area contributed by atoms with Crippen molar-refractivity contribution in [2.75, 3.05) is 51.1 Å². The summed E-state index contributed by atoms with van der Waals surface area (Å²) in [5.41, 5.74) is 0.268. The van der Waals surface area contributed by atoms with Crippen LogP contribution in [0.2, 0.25) is 0 Å². The Morgan fingerprint density at radius 3 is 2.31 bits per heavy atom. The molecule has 32 heavy (non-hydrogen) atoms. The van der Waals surface area contributed by atoms with E-state index < -0.39 is 5.92 Å². The van der Waals surface area contributed by atoms with Crippen molar-refractivity contribution in [1.29, 1.82) is 0 Å². The summed E-state index contributed by atoms with van der Waals surface area (Å²) < 4.78 is 27.3. The minimum Gasteiger partial charge on any atom is -0.338 e. The van der Waals surface area contributed by atoms with Crippen LogP contribution < -0.4 is 10.6 Å². The molecular weight excluding hydrogens is 416 g/mol. The quantitative estimate of drug-likeness (QED) is 0.681. The number of nitrogens with zero attached hydrogens (tertiary/aromatic N) is 3. The zero-order valence-electron chi connectivity index (χ0n) is 18.2. The average Bonchev–Trinajstić information content (AvgIpc) is 2.78. The van der Waals surface area contributed by atoms with Gasteiger partial charge in [0.1, 0.15) is 0 Å². The number of benzene rings is 1. The lowest BCUT2D eigenvalue weighted by molar-refractivity contribution is -0.136. The molecular formula is C23H31F2N5O2. The van der Waals surface area contributed by atoms with Crippen LogP contribution in [0.5, 0.6) is 0 Å². The van der Waals surface area contributed by atoms with Crippen molar-refractivity contribution >= 4 is 17.6 Å². The standard InChI is InChI=1S/C23H31F2N5O2/c1-2-23(24,25)17-6-8-18(9-7-17)27-22(32)29-14-12-28(13-15-29)21(31)20-16-30(11-10-26-20)19-4-3-5-19/h2,6-9,19-20,26H,1,3-5,10-16H2,(H,27,32)/t20-/m1/s1. The maximum atomic E-state index is 13.6. The molecule has 4 rings (SSSR count). The fourth-order valence-electron chi connectivity index (χ4n) is 4.47. The lowest BCUT2D eigenvalue weighted by atomic mass is 9.90. The third-order valence-corrected chi connectivity index (χ3v) is 6.75. The summed E-state index contributed by atoms with van der Waals surface area (Å²) in [7, 11) is 0. The van der Waals surface area contributed by atoms with Gasteiger partial charge in [-0.05, 0) is 31.1 Å². The number of rotatable bonds is 5. The first kappa shape index (κ1) is 22.7. The summed E-state index contributed by atoms with van der Waals surface area (Å²) in [6, 6.07) is 5.60. The van der Waals surface area contributed by atoms with E-state index in [9.17, 15) is 18.4 Å². The number of alkyl halides is 2. The van der Waals surface area contributed by atoms with Crippen molar-refractivity contribution in [3.05, 3.63) is 42.5 Å². The Hall–Kier alpha value is -2.52. The van der Waals surface area contributed by atoms with Gasteiger partial charge in [0.05, 0.1) is 6.04 Å². The Labute approximate surface area is 187 Å². The molecule has 1 aliphatic carbocycles. The number of amides is 3. The van der Waals surface area contributed by atoms with Gasteiger partial charge in [-0.15, -0.1) is 0 Å². The Morgan fingerprint density at radius 1 is 1.06 bits per heavy atom. The molecule has 1 saturated carbocycles. The van der Waals surface area contributed by atoms with E-state index in [2.05, 4.69) is 22.1 Å². The molecule has 9 heteroatoms. The second-order valence-electron chi connectivity index (χ2n) is 8.73. The Balaban J connectivity index is 1.25. The molecule has 2 heterocycles. The van der Waals surface area contributed by atoms with Gasteiger partial charge in [0, 0.05) is 63.1 Å². The van der Waals surface area contributed by atoms with E-state index in [1.807, 2.05) is 4.90 Å². The normalized spacial score (nSPS) is 22.9. The molecule has 2 saturated heterocycles. The molecule has 3 aliphatic rings. The maximum absolute atomic E-state index is 13.6. The molecule has 0 aromatic heterocycles. The van der Waals surface area contributed by atoms with Gasteiger partial charge >= 0.3 is 6.03 Å². The van der Waals surface area contributed by atoms with Gasteiger partial charge < -0.3 is 20.4 Å². The van der Waals surface area contributed by atoms with Gasteiger partial charge in [0.15, 0.2) is 0 Å². The number of carbonyl (C=O) groups excluding carboxylic acids is 2. The summed E-state index contributed by atoms with van der Waals surface area (Å²) in [5.74, 6) is -3.00. The summed E-state index contributed by atoms with van der Waals surface area (Å²) in [4.78, 5) is 31.5. The first-order chi connectivity index (χ1) is 15.4. The summed E-state index contributed by atoms with van der Waals surface area (Å²) >= 11 is 0.